The molecule has 0 spiro atoms. The van der Waals surface area contributed by atoms with Crippen molar-refractivity contribution in [3.05, 3.63) is 78.1 Å². The Kier molecular flexibility index (Phi) is 5.53. The molecule has 0 aliphatic heterocycles. The first-order valence-electron chi connectivity index (χ1n) is 9.91. The molecule has 4 rings (SSSR count). The van der Waals surface area contributed by atoms with E-state index in [9.17, 15) is 0 Å². The fourth-order valence-electron chi connectivity index (χ4n) is 3.59. The zero-order valence-electron chi connectivity index (χ0n) is 17.6. The van der Waals surface area contributed by atoms with E-state index in [0.29, 0.717) is 17.3 Å². The summed E-state index contributed by atoms with van der Waals surface area (Å²) in [4.78, 5) is 9.23. The number of hydrogen-bond acceptors (Lipinski definition) is 5. The second-order valence-electron chi connectivity index (χ2n) is 7.20. The van der Waals surface area contributed by atoms with Crippen LogP contribution in [0.25, 0.3) is 22.0 Å². The van der Waals surface area contributed by atoms with Gasteiger partial charge in [0.25, 0.3) is 0 Å². The lowest BCUT2D eigenvalue weighted by atomic mass is 10.00. The van der Waals surface area contributed by atoms with Crippen molar-refractivity contribution in [1.82, 2.24) is 9.97 Å². The number of rotatable bonds is 6. The number of aryl methyl sites for hydroxylation is 1. The molecule has 152 valence electrons. The minimum Gasteiger partial charge on any atom is -0.493 e. The van der Waals surface area contributed by atoms with Crippen molar-refractivity contribution in [3.8, 4) is 22.6 Å². The highest BCUT2D eigenvalue weighted by molar-refractivity contribution is 5.92. The van der Waals surface area contributed by atoms with E-state index in [1.165, 1.54) is 16.7 Å². The van der Waals surface area contributed by atoms with Gasteiger partial charge in [0, 0.05) is 17.5 Å². The van der Waals surface area contributed by atoms with Crippen LogP contribution in [0.1, 0.15) is 24.4 Å². The van der Waals surface area contributed by atoms with Gasteiger partial charge in [-0.3, -0.25) is 0 Å². The maximum atomic E-state index is 5.48. The molecule has 0 fully saturated rings. The molecule has 0 amide bonds. The van der Waals surface area contributed by atoms with Crippen LogP contribution in [0.4, 0.5) is 5.82 Å². The van der Waals surface area contributed by atoms with Crippen LogP contribution in [-0.4, -0.2) is 24.2 Å². The minimum atomic E-state index is 0.0549. The van der Waals surface area contributed by atoms with Crippen molar-refractivity contribution in [2.75, 3.05) is 19.5 Å². The zero-order valence-corrected chi connectivity index (χ0v) is 17.6. The van der Waals surface area contributed by atoms with Crippen molar-refractivity contribution in [2.24, 2.45) is 0 Å². The molecule has 0 saturated heterocycles. The van der Waals surface area contributed by atoms with Crippen LogP contribution >= 0.6 is 0 Å². The van der Waals surface area contributed by atoms with Gasteiger partial charge < -0.3 is 14.8 Å². The molecule has 0 saturated carbocycles. The summed E-state index contributed by atoms with van der Waals surface area (Å²) in [6, 6.07) is 22.8. The highest BCUT2D eigenvalue weighted by Gasteiger charge is 2.15. The van der Waals surface area contributed by atoms with Gasteiger partial charge in [0.05, 0.1) is 19.7 Å². The number of methoxy groups -OCH3 is 2. The number of hydrogen-bond donors (Lipinski definition) is 1. The van der Waals surface area contributed by atoms with Crippen LogP contribution in [0, 0.1) is 6.92 Å². The third-order valence-electron chi connectivity index (χ3n) is 5.16. The van der Waals surface area contributed by atoms with E-state index in [4.69, 9.17) is 9.47 Å². The van der Waals surface area contributed by atoms with E-state index >= 15 is 0 Å². The SMILES string of the molecule is COc1cc2nc(C)nc(N[C@H](C)c3cccc(-c4ccccc4)c3)c2cc1OC. The van der Waals surface area contributed by atoms with Crippen molar-refractivity contribution in [2.45, 2.75) is 19.9 Å². The Morgan fingerprint density at radius 2 is 1.50 bits per heavy atom. The Bertz CT molecular complexity index is 1180. The second kappa shape index (κ2) is 8.41. The average Bonchev–Trinajstić information content (AvgIpc) is 2.78. The van der Waals surface area contributed by atoms with E-state index in [2.05, 4.69) is 70.7 Å². The van der Waals surface area contributed by atoms with Crippen LogP contribution in [0.3, 0.4) is 0 Å². The van der Waals surface area contributed by atoms with Gasteiger partial charge in [-0.25, -0.2) is 9.97 Å². The molecule has 30 heavy (non-hydrogen) atoms. The largest absolute Gasteiger partial charge is 0.493 e. The first-order valence-corrected chi connectivity index (χ1v) is 9.91. The maximum absolute atomic E-state index is 5.48. The number of benzene rings is 3. The van der Waals surface area contributed by atoms with Gasteiger partial charge in [-0.1, -0.05) is 48.5 Å². The van der Waals surface area contributed by atoms with Crippen LogP contribution in [-0.2, 0) is 0 Å². The molecular weight excluding hydrogens is 374 g/mol. The van der Waals surface area contributed by atoms with Crippen LogP contribution < -0.4 is 14.8 Å². The quantitative estimate of drug-likeness (QED) is 0.444. The molecule has 1 atom stereocenters. The summed E-state index contributed by atoms with van der Waals surface area (Å²) in [5, 5.41) is 4.45. The standard InChI is InChI=1S/C25H25N3O2/c1-16(19-11-8-12-20(13-19)18-9-6-5-7-10-18)26-25-21-14-23(29-3)24(30-4)15-22(21)27-17(2)28-25/h5-16H,1-4H3,(H,26,27,28)/t16-/m1/s1. The van der Waals surface area contributed by atoms with E-state index < -0.39 is 0 Å². The van der Waals surface area contributed by atoms with Crippen LogP contribution in [0.2, 0.25) is 0 Å². The number of aromatic nitrogens is 2. The lowest BCUT2D eigenvalue weighted by Crippen LogP contribution is -2.10. The molecule has 1 aromatic heterocycles. The van der Waals surface area contributed by atoms with Gasteiger partial charge in [-0.2, -0.15) is 0 Å². The summed E-state index contributed by atoms with van der Waals surface area (Å²) in [6.45, 7) is 4.02. The molecule has 1 heterocycles. The number of nitrogens with zero attached hydrogens (tertiary/aromatic N) is 2. The average molecular weight is 399 g/mol. The lowest BCUT2D eigenvalue weighted by molar-refractivity contribution is 0.356. The zero-order chi connectivity index (χ0) is 21.1. The van der Waals surface area contributed by atoms with Crippen molar-refractivity contribution >= 4 is 16.7 Å². The number of nitrogens with one attached hydrogen (secondary N) is 1. The Hall–Kier alpha value is -3.60. The van der Waals surface area contributed by atoms with Gasteiger partial charge in [0.2, 0.25) is 0 Å². The summed E-state index contributed by atoms with van der Waals surface area (Å²) in [5.74, 6) is 2.77. The second-order valence-corrected chi connectivity index (χ2v) is 7.20. The Labute approximate surface area is 176 Å². The minimum absolute atomic E-state index is 0.0549. The molecule has 0 radical (unpaired) electrons. The first kappa shape index (κ1) is 19.7. The predicted octanol–water partition coefficient (Wildman–Crippen LogP) is 5.80. The molecule has 5 heteroatoms. The predicted molar refractivity (Wildman–Crippen MR) is 121 cm³/mol. The number of anilines is 1. The Morgan fingerprint density at radius 3 is 2.23 bits per heavy atom. The van der Waals surface area contributed by atoms with Crippen LogP contribution in [0.5, 0.6) is 11.5 Å². The van der Waals surface area contributed by atoms with E-state index in [0.717, 1.165) is 16.7 Å². The van der Waals surface area contributed by atoms with Crippen molar-refractivity contribution in [3.63, 3.8) is 0 Å². The molecule has 0 bridgehead atoms. The lowest BCUT2D eigenvalue weighted by Gasteiger charge is -2.18. The molecule has 0 aliphatic rings. The normalized spacial score (nSPS) is 11.9. The van der Waals surface area contributed by atoms with Gasteiger partial charge in [0.15, 0.2) is 11.5 Å². The summed E-state index contributed by atoms with van der Waals surface area (Å²) in [6.07, 6.45) is 0. The molecule has 3 aromatic carbocycles. The van der Waals surface area contributed by atoms with Crippen molar-refractivity contribution < 1.29 is 9.47 Å². The molecule has 0 unspecified atom stereocenters. The Morgan fingerprint density at radius 1 is 0.800 bits per heavy atom. The summed E-state index contributed by atoms with van der Waals surface area (Å²) >= 11 is 0. The first-order chi connectivity index (χ1) is 14.6. The maximum Gasteiger partial charge on any atom is 0.162 e. The summed E-state index contributed by atoms with van der Waals surface area (Å²) in [7, 11) is 3.25. The number of fused-ring (bicyclic) bond motifs is 1. The highest BCUT2D eigenvalue weighted by atomic mass is 16.5. The third kappa shape index (κ3) is 3.92. The number of ether oxygens (including phenoxy) is 2. The van der Waals surface area contributed by atoms with Crippen LogP contribution in [0.15, 0.2) is 66.7 Å². The monoisotopic (exact) mass is 399 g/mol. The molecule has 1 N–H and O–H groups in total. The van der Waals surface area contributed by atoms with Gasteiger partial charge in [0.1, 0.15) is 11.6 Å². The topological polar surface area (TPSA) is 56.3 Å². The molecular formula is C25H25N3O2. The molecule has 0 aliphatic carbocycles. The van der Waals surface area contributed by atoms with E-state index in [1.54, 1.807) is 14.2 Å². The van der Waals surface area contributed by atoms with Crippen molar-refractivity contribution in [1.29, 1.82) is 0 Å². The third-order valence-corrected chi connectivity index (χ3v) is 5.16. The fraction of sp³-hybridized carbons (Fsp3) is 0.200. The molecule has 5 nitrogen and oxygen atoms in total. The summed E-state index contributed by atoms with van der Waals surface area (Å²) in [5.41, 5.74) is 4.39. The molecule has 4 aromatic rings. The fourth-order valence-corrected chi connectivity index (χ4v) is 3.59. The van der Waals surface area contributed by atoms with E-state index in [1.807, 2.05) is 25.1 Å². The summed E-state index contributed by atoms with van der Waals surface area (Å²) < 4.78 is 10.9. The highest BCUT2D eigenvalue weighted by Crippen LogP contribution is 2.35. The van der Waals surface area contributed by atoms with Gasteiger partial charge >= 0.3 is 0 Å². The van der Waals surface area contributed by atoms with Gasteiger partial charge in [-0.05, 0) is 42.7 Å². The van der Waals surface area contributed by atoms with E-state index in [-0.39, 0.29) is 6.04 Å². The Balaban J connectivity index is 1.70. The van der Waals surface area contributed by atoms with Gasteiger partial charge in [-0.15, -0.1) is 0 Å². The smallest absolute Gasteiger partial charge is 0.162 e.